The second-order valence-electron chi connectivity index (χ2n) is 13.1. The van der Waals surface area contributed by atoms with Crippen molar-refractivity contribution >= 4 is 41.6 Å². The van der Waals surface area contributed by atoms with Crippen LogP contribution in [0.25, 0.3) is 0 Å². The molecule has 1 aliphatic carbocycles. The number of rotatable bonds is 10. The molecule has 0 aromatic heterocycles. The van der Waals surface area contributed by atoms with Gasteiger partial charge in [-0.05, 0) is 108 Å². The van der Waals surface area contributed by atoms with Gasteiger partial charge in [-0.2, -0.15) is 0 Å². The van der Waals surface area contributed by atoms with Gasteiger partial charge in [-0.25, -0.2) is 4.79 Å². The molecule has 43 heavy (non-hydrogen) atoms. The van der Waals surface area contributed by atoms with Crippen LogP contribution >= 0.6 is 23.7 Å². The van der Waals surface area contributed by atoms with E-state index in [1.807, 2.05) is 12.1 Å². The summed E-state index contributed by atoms with van der Waals surface area (Å²) in [5, 5.41) is 3.21. The van der Waals surface area contributed by atoms with Gasteiger partial charge in [0.15, 0.2) is 0 Å². The van der Waals surface area contributed by atoms with Crippen molar-refractivity contribution in [2.24, 2.45) is 11.8 Å². The number of nitrogens with one attached hydrogen (secondary N) is 2. The number of amides is 3. The van der Waals surface area contributed by atoms with Crippen molar-refractivity contribution in [2.45, 2.75) is 102 Å². The van der Waals surface area contributed by atoms with E-state index in [1.165, 1.54) is 54.3 Å². The molecule has 1 saturated carbocycles. The van der Waals surface area contributed by atoms with Crippen LogP contribution in [0.4, 0.5) is 4.79 Å². The molecule has 2 heterocycles. The van der Waals surface area contributed by atoms with E-state index in [0.717, 1.165) is 38.2 Å². The number of thioether (sulfide) groups is 1. The maximum atomic E-state index is 13.2. The monoisotopic (exact) mass is 634 g/mol. The summed E-state index contributed by atoms with van der Waals surface area (Å²) in [7, 11) is 1.69. The lowest BCUT2D eigenvalue weighted by Gasteiger charge is -2.40. The molecule has 3 atom stereocenters. The minimum absolute atomic E-state index is 0.203. The average molecular weight is 635 g/mol. The van der Waals surface area contributed by atoms with Crippen LogP contribution in [-0.2, 0) is 20.9 Å². The van der Waals surface area contributed by atoms with Crippen LogP contribution in [0.3, 0.4) is 0 Å². The van der Waals surface area contributed by atoms with Crippen molar-refractivity contribution in [3.05, 3.63) is 29.8 Å². The van der Waals surface area contributed by atoms with Crippen LogP contribution in [0.1, 0.15) is 78.2 Å². The van der Waals surface area contributed by atoms with Gasteiger partial charge in [0, 0.05) is 17.5 Å². The lowest BCUT2D eigenvalue weighted by atomic mass is 9.79. The molecular weight excluding hydrogens is 585 g/mol. The van der Waals surface area contributed by atoms with Crippen molar-refractivity contribution in [3.63, 3.8) is 0 Å². The largest absolute Gasteiger partial charge is 0.497 e. The normalized spacial score (nSPS) is 22.1. The Morgan fingerprint density at radius 1 is 1.02 bits per heavy atom. The first-order valence-electron chi connectivity index (χ1n) is 15.7. The van der Waals surface area contributed by atoms with Gasteiger partial charge in [-0.3, -0.25) is 24.1 Å². The van der Waals surface area contributed by atoms with Crippen molar-refractivity contribution in [1.29, 1.82) is 0 Å². The number of nitrogens with zero attached hydrogens (tertiary/aromatic N) is 2. The standard InChI is InChI=1S/C32H50N4O5S2/c1-22(33-30(38)27-20-42-21-36(27)31(39)41-32(2,3)4)29(37)34-43-28(24-9-7-6-8-10-24)25-15-17-35(18-16-25)19-23-11-13-26(40-5)14-12-23/h11-14,22,24-25,27-28H,6-10,15-21H2,1-5H3,(H,33,38)(H,34,37)/t22-,27+,28?/m1/s1. The molecule has 0 bridgehead atoms. The number of methoxy groups -OCH3 is 1. The van der Waals surface area contributed by atoms with Gasteiger partial charge >= 0.3 is 6.09 Å². The van der Waals surface area contributed by atoms with Crippen molar-refractivity contribution in [1.82, 2.24) is 19.8 Å². The number of hydrogen-bond donors (Lipinski definition) is 2. The third-order valence-corrected chi connectivity index (χ3v) is 11.0. The predicted molar refractivity (Wildman–Crippen MR) is 174 cm³/mol. The lowest BCUT2D eigenvalue weighted by Crippen LogP contribution is -2.53. The van der Waals surface area contributed by atoms with Gasteiger partial charge in [0.1, 0.15) is 23.4 Å². The van der Waals surface area contributed by atoms with Gasteiger partial charge < -0.3 is 14.8 Å². The van der Waals surface area contributed by atoms with Gasteiger partial charge in [-0.15, -0.1) is 11.8 Å². The van der Waals surface area contributed by atoms with E-state index < -0.39 is 23.8 Å². The minimum atomic E-state index is -0.704. The van der Waals surface area contributed by atoms with Crippen LogP contribution in [0, 0.1) is 11.8 Å². The highest BCUT2D eigenvalue weighted by molar-refractivity contribution is 7.99. The van der Waals surface area contributed by atoms with E-state index in [0.29, 0.717) is 28.7 Å². The first-order valence-corrected chi connectivity index (χ1v) is 17.8. The van der Waals surface area contributed by atoms with E-state index in [1.54, 1.807) is 46.8 Å². The van der Waals surface area contributed by atoms with Crippen molar-refractivity contribution < 1.29 is 23.9 Å². The first-order chi connectivity index (χ1) is 20.5. The molecule has 1 aromatic carbocycles. The topological polar surface area (TPSA) is 100 Å². The van der Waals surface area contributed by atoms with E-state index in [2.05, 4.69) is 27.1 Å². The molecule has 3 fully saturated rings. The fourth-order valence-corrected chi connectivity index (χ4v) is 8.72. The summed E-state index contributed by atoms with van der Waals surface area (Å²) in [6.07, 6.45) is 7.97. The molecule has 4 rings (SSSR count). The summed E-state index contributed by atoms with van der Waals surface area (Å²) in [5.41, 5.74) is 0.656. The molecule has 240 valence electrons. The molecule has 2 N–H and O–H groups in total. The van der Waals surface area contributed by atoms with Crippen LogP contribution in [0.2, 0.25) is 0 Å². The van der Waals surface area contributed by atoms with E-state index in [-0.39, 0.29) is 11.8 Å². The second-order valence-corrected chi connectivity index (χ2v) is 15.1. The van der Waals surface area contributed by atoms with Gasteiger partial charge in [0.05, 0.1) is 13.0 Å². The molecule has 1 aromatic rings. The number of benzene rings is 1. The molecule has 3 aliphatic rings. The summed E-state index contributed by atoms with van der Waals surface area (Å²) in [6, 6.07) is 6.97. The fraction of sp³-hybridized carbons (Fsp3) is 0.719. The van der Waals surface area contributed by atoms with E-state index in [9.17, 15) is 14.4 Å². The maximum Gasteiger partial charge on any atom is 0.411 e. The second kappa shape index (κ2) is 15.8. The zero-order valence-corrected chi connectivity index (χ0v) is 28.1. The average Bonchev–Trinajstić information content (AvgIpc) is 3.49. The number of carbonyl (C=O) groups is 3. The van der Waals surface area contributed by atoms with E-state index in [4.69, 9.17) is 9.47 Å². The highest BCUT2D eigenvalue weighted by Crippen LogP contribution is 2.39. The highest BCUT2D eigenvalue weighted by atomic mass is 32.2. The third kappa shape index (κ3) is 9.94. The molecule has 3 amide bonds. The smallest absolute Gasteiger partial charge is 0.411 e. The zero-order chi connectivity index (χ0) is 31.0. The number of hydrogen-bond acceptors (Lipinski definition) is 8. The first kappa shape index (κ1) is 33.8. The molecule has 2 aliphatic heterocycles. The Bertz CT molecular complexity index is 1070. The Hall–Kier alpha value is -2.11. The Labute approximate surface area is 266 Å². The SMILES string of the molecule is COc1ccc(CN2CCC(C(SNC(=O)[C@@H](C)NC(=O)[C@@H]3CSCN3C(=O)OC(C)(C)C)C3CCCCC3)CC2)cc1. The number of piperidine rings is 1. The summed E-state index contributed by atoms with van der Waals surface area (Å²) in [6.45, 7) is 10.2. The maximum absolute atomic E-state index is 13.2. The minimum Gasteiger partial charge on any atom is -0.497 e. The molecule has 0 radical (unpaired) electrons. The molecular formula is C32H50N4O5S2. The Balaban J connectivity index is 1.28. The van der Waals surface area contributed by atoms with Crippen LogP contribution in [-0.4, -0.2) is 82.5 Å². The molecule has 2 saturated heterocycles. The number of ether oxygens (including phenoxy) is 2. The Morgan fingerprint density at radius 3 is 2.30 bits per heavy atom. The molecule has 1 unspecified atom stereocenters. The zero-order valence-electron chi connectivity index (χ0n) is 26.4. The van der Waals surface area contributed by atoms with Crippen LogP contribution < -0.4 is 14.8 Å². The lowest BCUT2D eigenvalue weighted by molar-refractivity contribution is -0.130. The molecule has 11 heteroatoms. The van der Waals surface area contributed by atoms with Gasteiger partial charge in [0.2, 0.25) is 5.91 Å². The Morgan fingerprint density at radius 2 is 1.67 bits per heavy atom. The number of carbonyl (C=O) groups excluding carboxylic acids is 3. The molecule has 0 spiro atoms. The predicted octanol–water partition coefficient (Wildman–Crippen LogP) is 5.44. The summed E-state index contributed by atoms with van der Waals surface area (Å²) < 4.78 is 13.9. The molecule has 9 nitrogen and oxygen atoms in total. The quantitative estimate of drug-likeness (QED) is 0.329. The third-order valence-electron chi connectivity index (χ3n) is 8.64. The Kier molecular flexibility index (Phi) is 12.4. The van der Waals surface area contributed by atoms with Gasteiger partial charge in [0.25, 0.3) is 5.91 Å². The summed E-state index contributed by atoms with van der Waals surface area (Å²) >= 11 is 3.09. The van der Waals surface area contributed by atoms with Crippen LogP contribution in [0.5, 0.6) is 5.75 Å². The highest BCUT2D eigenvalue weighted by Gasteiger charge is 2.39. The van der Waals surface area contributed by atoms with Crippen molar-refractivity contribution in [2.75, 3.05) is 31.8 Å². The fourth-order valence-electron chi connectivity index (χ4n) is 6.22. The summed E-state index contributed by atoms with van der Waals surface area (Å²) in [4.78, 5) is 42.9. The van der Waals surface area contributed by atoms with Gasteiger partial charge in [-0.1, -0.05) is 31.4 Å². The number of likely N-dealkylation sites (tertiary alicyclic amines) is 1. The van der Waals surface area contributed by atoms with E-state index >= 15 is 0 Å². The summed E-state index contributed by atoms with van der Waals surface area (Å²) in [5.74, 6) is 2.37. The van der Waals surface area contributed by atoms with Crippen molar-refractivity contribution in [3.8, 4) is 5.75 Å². The van der Waals surface area contributed by atoms with Crippen LogP contribution in [0.15, 0.2) is 24.3 Å².